The van der Waals surface area contributed by atoms with Crippen molar-refractivity contribution in [1.29, 1.82) is 0 Å². The van der Waals surface area contributed by atoms with E-state index in [0.717, 1.165) is 6.07 Å². The number of halogens is 6. The summed E-state index contributed by atoms with van der Waals surface area (Å²) in [6, 6.07) is 6.16. The van der Waals surface area contributed by atoms with Gasteiger partial charge in [-0.3, -0.25) is 0 Å². The van der Waals surface area contributed by atoms with Crippen LogP contribution in [0.2, 0.25) is 0 Å². The lowest BCUT2D eigenvalue weighted by Gasteiger charge is -2.17. The van der Waals surface area contributed by atoms with Gasteiger partial charge in [-0.15, -0.1) is 0 Å². The van der Waals surface area contributed by atoms with Crippen molar-refractivity contribution in [2.24, 2.45) is 0 Å². The minimum absolute atomic E-state index is 0.0861. The number of aliphatic hydroxyl groups excluding tert-OH is 1. The van der Waals surface area contributed by atoms with E-state index in [9.17, 15) is 36.2 Å². The van der Waals surface area contributed by atoms with Crippen molar-refractivity contribution in [1.82, 2.24) is 4.57 Å². The molecule has 2 heterocycles. The van der Waals surface area contributed by atoms with Gasteiger partial charge in [0, 0.05) is 34.8 Å². The van der Waals surface area contributed by atoms with Crippen molar-refractivity contribution in [3.63, 3.8) is 0 Å². The summed E-state index contributed by atoms with van der Waals surface area (Å²) < 4.78 is 91.1. The lowest BCUT2D eigenvalue weighted by Crippen LogP contribution is -2.15. The summed E-state index contributed by atoms with van der Waals surface area (Å²) in [7, 11) is 1.41. The molecule has 1 aliphatic rings. The molecule has 0 saturated carbocycles. The molecule has 1 aliphatic heterocycles. The Morgan fingerprint density at radius 3 is 2.36 bits per heavy atom. The van der Waals surface area contributed by atoms with E-state index in [2.05, 4.69) is 0 Å². The van der Waals surface area contributed by atoms with Crippen LogP contribution in [0.1, 0.15) is 22.3 Å². The van der Waals surface area contributed by atoms with Crippen LogP contribution in [0.25, 0.3) is 16.5 Å². The summed E-state index contributed by atoms with van der Waals surface area (Å²) in [5.74, 6) is -1.14. The van der Waals surface area contributed by atoms with Gasteiger partial charge in [0.2, 0.25) is 5.76 Å². The normalized spacial score (nSPS) is 14.8. The third kappa shape index (κ3) is 4.10. The number of nitrogens with zero attached hydrogens (tertiary/aromatic N) is 1. The second-order valence-corrected chi connectivity index (χ2v) is 7.32. The molecule has 0 aliphatic carbocycles. The molecule has 3 aromatic rings. The maximum Gasteiger partial charge on any atom is 0.416 e. The van der Waals surface area contributed by atoms with E-state index in [1.807, 2.05) is 0 Å². The lowest BCUT2D eigenvalue weighted by molar-refractivity contribution is -0.143. The first-order valence-corrected chi connectivity index (χ1v) is 9.44. The predicted molar refractivity (Wildman–Crippen MR) is 105 cm³/mol. The van der Waals surface area contributed by atoms with Gasteiger partial charge in [-0.2, -0.15) is 26.3 Å². The highest BCUT2D eigenvalue weighted by Crippen LogP contribution is 2.39. The Kier molecular flexibility index (Phi) is 5.30. The van der Waals surface area contributed by atoms with Crippen LogP contribution in [0.15, 0.2) is 48.4 Å². The Morgan fingerprint density at radius 2 is 1.79 bits per heavy atom. The average Bonchev–Trinajstić information content (AvgIpc) is 3.26. The summed E-state index contributed by atoms with van der Waals surface area (Å²) in [5, 5.41) is 10.5. The third-order valence-electron chi connectivity index (χ3n) is 5.32. The average molecular weight is 471 g/mol. The van der Waals surface area contributed by atoms with E-state index >= 15 is 0 Å². The number of alkyl halides is 6. The van der Waals surface area contributed by atoms with Gasteiger partial charge in [0.25, 0.3) is 0 Å². The van der Waals surface area contributed by atoms with E-state index in [1.165, 1.54) is 17.9 Å². The number of hydrogen-bond donors (Lipinski definition) is 1. The van der Waals surface area contributed by atoms with Crippen LogP contribution in [-0.4, -0.2) is 29.4 Å². The molecule has 174 valence electrons. The summed E-state index contributed by atoms with van der Waals surface area (Å²) in [4.78, 5) is 11.6. The zero-order valence-corrected chi connectivity index (χ0v) is 16.8. The third-order valence-corrected chi connectivity index (χ3v) is 5.32. The number of carbonyl (C=O) groups is 1. The highest BCUT2D eigenvalue weighted by atomic mass is 19.4. The topological polar surface area (TPSA) is 60.7 Å². The van der Waals surface area contributed by atoms with Crippen LogP contribution in [0.3, 0.4) is 0 Å². The molecule has 0 amide bonds. The van der Waals surface area contributed by atoms with E-state index in [4.69, 9.17) is 9.47 Å². The zero-order chi connectivity index (χ0) is 24.1. The molecule has 4 rings (SSSR count). The quantitative estimate of drug-likeness (QED) is 0.400. The van der Waals surface area contributed by atoms with Crippen molar-refractivity contribution in [2.75, 3.05) is 13.7 Å². The Labute approximate surface area is 182 Å². The van der Waals surface area contributed by atoms with Crippen molar-refractivity contribution in [3.05, 3.63) is 70.6 Å². The molecule has 1 N–H and O–H groups in total. The smallest absolute Gasteiger partial charge is 0.416 e. The summed E-state index contributed by atoms with van der Waals surface area (Å²) in [6.07, 6.45) is -8.53. The number of esters is 1. The lowest BCUT2D eigenvalue weighted by atomic mass is 10.0. The number of aliphatic hydroxyl groups is 1. The summed E-state index contributed by atoms with van der Waals surface area (Å²) in [6.45, 7) is -0.659. The van der Waals surface area contributed by atoms with Crippen molar-refractivity contribution in [3.8, 4) is 5.75 Å². The zero-order valence-electron chi connectivity index (χ0n) is 16.8. The van der Waals surface area contributed by atoms with Crippen molar-refractivity contribution < 1.29 is 45.7 Å². The van der Waals surface area contributed by atoms with Gasteiger partial charge in [-0.1, -0.05) is 6.07 Å². The van der Waals surface area contributed by atoms with Crippen molar-refractivity contribution in [2.45, 2.75) is 18.9 Å². The fourth-order valence-corrected chi connectivity index (χ4v) is 3.72. The molecule has 0 bridgehead atoms. The van der Waals surface area contributed by atoms with Gasteiger partial charge in [-0.25, -0.2) is 4.79 Å². The molecule has 0 saturated heterocycles. The van der Waals surface area contributed by atoms with E-state index in [0.29, 0.717) is 28.3 Å². The molecule has 1 aromatic heterocycles. The molecule has 33 heavy (non-hydrogen) atoms. The van der Waals surface area contributed by atoms with Gasteiger partial charge in [0.1, 0.15) is 12.4 Å². The van der Waals surface area contributed by atoms with Crippen LogP contribution in [-0.2, 0) is 28.4 Å². The SMILES string of the molecule is COc1ccc2c(c1)c(C1=C(O)C(=O)OC1)cn2Cc1ccc(C(F)(F)F)cc1C(F)(F)F. The van der Waals surface area contributed by atoms with E-state index in [1.54, 1.807) is 18.2 Å². The second-order valence-electron chi connectivity index (χ2n) is 7.32. The van der Waals surface area contributed by atoms with Gasteiger partial charge >= 0.3 is 18.3 Å². The second kappa shape index (κ2) is 7.75. The molecule has 2 aromatic carbocycles. The Balaban J connectivity index is 1.88. The molecular weight excluding hydrogens is 456 g/mol. The van der Waals surface area contributed by atoms with Gasteiger partial charge in [0.15, 0.2) is 0 Å². The van der Waals surface area contributed by atoms with E-state index in [-0.39, 0.29) is 23.8 Å². The fraction of sp³-hybridized carbons (Fsp3) is 0.227. The number of methoxy groups -OCH3 is 1. The largest absolute Gasteiger partial charge is 0.502 e. The highest BCUT2D eigenvalue weighted by molar-refractivity contribution is 6.04. The monoisotopic (exact) mass is 471 g/mol. The standard InChI is InChI=1S/C22H15F6NO4/c1-32-13-4-5-18-14(7-13)15(16-10-33-20(31)19(16)30)9-29(18)8-11-2-3-12(21(23,24)25)6-17(11)22(26,27)28/h2-7,9,30H,8,10H2,1H3. The minimum atomic E-state index is -5.02. The molecule has 0 fully saturated rings. The molecule has 0 spiro atoms. The number of ether oxygens (including phenoxy) is 2. The van der Waals surface area contributed by atoms with Crippen LogP contribution in [0, 0.1) is 0 Å². The van der Waals surface area contributed by atoms with Gasteiger partial charge in [-0.05, 0) is 35.9 Å². The van der Waals surface area contributed by atoms with Crippen LogP contribution < -0.4 is 4.74 Å². The van der Waals surface area contributed by atoms with Crippen molar-refractivity contribution >= 4 is 22.4 Å². The van der Waals surface area contributed by atoms with Crippen LogP contribution in [0.4, 0.5) is 26.3 Å². The number of cyclic esters (lactones) is 1. The Morgan fingerprint density at radius 1 is 1.06 bits per heavy atom. The first-order valence-electron chi connectivity index (χ1n) is 9.44. The number of fused-ring (bicyclic) bond motifs is 1. The number of hydrogen-bond acceptors (Lipinski definition) is 4. The van der Waals surface area contributed by atoms with E-state index < -0.39 is 41.8 Å². The number of rotatable bonds is 4. The fourth-order valence-electron chi connectivity index (χ4n) is 3.72. The first-order chi connectivity index (χ1) is 15.4. The molecule has 11 heteroatoms. The number of aromatic nitrogens is 1. The first kappa shape index (κ1) is 22.6. The van der Waals surface area contributed by atoms with Crippen LogP contribution in [0.5, 0.6) is 5.75 Å². The Hall–Kier alpha value is -3.63. The number of benzene rings is 2. The molecule has 0 unspecified atom stereocenters. The molecule has 0 atom stereocenters. The highest BCUT2D eigenvalue weighted by Gasteiger charge is 2.38. The van der Waals surface area contributed by atoms with Gasteiger partial charge in [0.05, 0.1) is 18.2 Å². The van der Waals surface area contributed by atoms with Gasteiger partial charge < -0.3 is 19.1 Å². The maximum absolute atomic E-state index is 13.6. The Bertz CT molecular complexity index is 1290. The van der Waals surface area contributed by atoms with Crippen LogP contribution >= 0.6 is 0 Å². The summed E-state index contributed by atoms with van der Waals surface area (Å²) >= 11 is 0. The molecule has 5 nitrogen and oxygen atoms in total. The molecule has 0 radical (unpaired) electrons. The minimum Gasteiger partial charge on any atom is -0.502 e. The molecular formula is C22H15F6NO4. The predicted octanol–water partition coefficient (Wildman–Crippen LogP) is 5.56. The number of carbonyl (C=O) groups excluding carboxylic acids is 1. The summed E-state index contributed by atoms with van der Waals surface area (Å²) in [5.41, 5.74) is -2.31. The maximum atomic E-state index is 13.6.